The summed E-state index contributed by atoms with van der Waals surface area (Å²) in [6, 6.07) is 0.881. The molecule has 18 heavy (non-hydrogen) atoms. The smallest absolute Gasteiger partial charge is 0.258 e. The van der Waals surface area contributed by atoms with Crippen LogP contribution in [0.4, 0.5) is 11.6 Å². The van der Waals surface area contributed by atoms with E-state index in [2.05, 4.69) is 19.9 Å². The number of rotatable bonds is 4. The first-order valence-corrected chi connectivity index (χ1v) is 6.90. The largest absolute Gasteiger partial charge is 0.300 e. The van der Waals surface area contributed by atoms with Crippen molar-refractivity contribution in [2.45, 2.75) is 4.21 Å². The second kappa shape index (κ2) is 4.51. The minimum absolute atomic E-state index is 0.0952. The summed E-state index contributed by atoms with van der Waals surface area (Å²) >= 11 is 6.16. The molecule has 0 aliphatic heterocycles. The molecule has 0 amide bonds. The first-order chi connectivity index (χ1) is 8.40. The Labute approximate surface area is 109 Å². The Kier molecular flexibility index (Phi) is 3.19. The third kappa shape index (κ3) is 2.42. The maximum atomic E-state index is 11.8. The van der Waals surface area contributed by atoms with Gasteiger partial charge in [0.15, 0.2) is 4.34 Å². The van der Waals surface area contributed by atoms with Crippen molar-refractivity contribution in [1.82, 2.24) is 15.2 Å². The van der Waals surface area contributed by atoms with Crippen molar-refractivity contribution in [2.24, 2.45) is 0 Å². The Bertz CT molecular complexity index is 679. The van der Waals surface area contributed by atoms with E-state index >= 15 is 0 Å². The molecule has 0 spiro atoms. The molecule has 0 radical (unpaired) electrons. The molecule has 2 N–H and O–H groups in total. The lowest BCUT2D eigenvalue weighted by atomic mass is 10.6. The van der Waals surface area contributed by atoms with E-state index in [0.29, 0.717) is 11.3 Å². The quantitative estimate of drug-likeness (QED) is 0.645. The number of nitrogens with zero attached hydrogens (tertiary/aromatic N) is 3. The highest BCUT2D eigenvalue weighted by molar-refractivity contribution is 7.94. The number of hydrogen-bond acceptors (Lipinski definition) is 7. The van der Waals surface area contributed by atoms with Crippen LogP contribution in [0.5, 0.6) is 0 Å². The first-order valence-electron chi connectivity index (χ1n) is 4.22. The van der Waals surface area contributed by atoms with E-state index in [4.69, 9.17) is 11.6 Å². The number of hydrogen-bond donors (Lipinski definition) is 2. The molecule has 2 aromatic heterocycles. The topological polar surface area (TPSA) is 131 Å². The van der Waals surface area contributed by atoms with E-state index in [-0.39, 0.29) is 14.5 Å². The minimum Gasteiger partial charge on any atom is -0.258 e. The highest BCUT2D eigenvalue weighted by Crippen LogP contribution is 2.36. The van der Waals surface area contributed by atoms with Gasteiger partial charge in [0.2, 0.25) is 5.95 Å². The average Bonchev–Trinajstić information content (AvgIpc) is 2.86. The summed E-state index contributed by atoms with van der Waals surface area (Å²) < 4.78 is 25.2. The third-order valence-corrected chi connectivity index (χ3v) is 4.90. The molecule has 0 bridgehead atoms. The van der Waals surface area contributed by atoms with Gasteiger partial charge in [-0.1, -0.05) is 11.6 Å². The van der Waals surface area contributed by atoms with Crippen molar-refractivity contribution in [3.8, 4) is 0 Å². The lowest BCUT2D eigenvalue weighted by molar-refractivity contribution is -0.384. The number of anilines is 1. The minimum atomic E-state index is -3.97. The van der Waals surface area contributed by atoms with Crippen molar-refractivity contribution in [3.63, 3.8) is 0 Å². The van der Waals surface area contributed by atoms with Crippen molar-refractivity contribution < 1.29 is 13.3 Å². The molecule has 2 rings (SSSR count). The maximum absolute atomic E-state index is 11.8. The van der Waals surface area contributed by atoms with Gasteiger partial charge in [-0.05, 0) is 0 Å². The lowest BCUT2D eigenvalue weighted by Crippen LogP contribution is -2.12. The Hall–Kier alpha value is -1.72. The molecule has 0 fully saturated rings. The Morgan fingerprint density at radius 1 is 1.56 bits per heavy atom. The lowest BCUT2D eigenvalue weighted by Gasteiger charge is -2.00. The van der Waals surface area contributed by atoms with Crippen molar-refractivity contribution >= 4 is 44.6 Å². The van der Waals surface area contributed by atoms with E-state index < -0.39 is 20.6 Å². The normalized spacial score (nSPS) is 11.4. The molecule has 2 aromatic rings. The van der Waals surface area contributed by atoms with Crippen LogP contribution in [0.25, 0.3) is 0 Å². The van der Waals surface area contributed by atoms with Crippen LogP contribution in [0.3, 0.4) is 0 Å². The van der Waals surface area contributed by atoms with Gasteiger partial charge < -0.3 is 0 Å². The number of sulfonamides is 1. The standard InChI is InChI=1S/C6H4ClN5O4S2/c7-5-3(12(13)14)1-4(17-5)18(15,16)11-6-8-2-9-10-6/h1-2H,(H2,8,9,10,11). The van der Waals surface area contributed by atoms with Crippen molar-refractivity contribution in [2.75, 3.05) is 4.72 Å². The summed E-state index contributed by atoms with van der Waals surface area (Å²) in [5.74, 6) is -0.0952. The summed E-state index contributed by atoms with van der Waals surface area (Å²) in [6.07, 6.45) is 1.11. The molecule has 0 atom stereocenters. The van der Waals surface area contributed by atoms with E-state index in [9.17, 15) is 18.5 Å². The van der Waals surface area contributed by atoms with Crippen LogP contribution >= 0.6 is 22.9 Å². The van der Waals surface area contributed by atoms with Gasteiger partial charge in [-0.25, -0.2) is 18.2 Å². The average molecular weight is 310 g/mol. The van der Waals surface area contributed by atoms with Crippen molar-refractivity contribution in [3.05, 3.63) is 26.8 Å². The molecular formula is C6H4ClN5O4S2. The predicted octanol–water partition coefficient (Wildman–Crippen LogP) is 1.23. The highest BCUT2D eigenvalue weighted by Gasteiger charge is 2.25. The first kappa shape index (κ1) is 12.7. The number of nitrogens with one attached hydrogen (secondary N) is 2. The van der Waals surface area contributed by atoms with Crippen molar-refractivity contribution in [1.29, 1.82) is 0 Å². The molecule has 2 heterocycles. The number of halogens is 1. The molecule has 96 valence electrons. The van der Waals surface area contributed by atoms with Gasteiger partial charge in [-0.15, -0.1) is 11.3 Å². The van der Waals surface area contributed by atoms with Gasteiger partial charge in [-0.2, -0.15) is 10.1 Å². The van der Waals surface area contributed by atoms with Crippen LogP contribution in [-0.4, -0.2) is 28.5 Å². The Morgan fingerprint density at radius 3 is 2.78 bits per heavy atom. The molecule has 0 aliphatic rings. The molecule has 0 saturated carbocycles. The van der Waals surface area contributed by atoms with E-state index in [1.54, 1.807) is 0 Å². The Balaban J connectivity index is 2.36. The fourth-order valence-electron chi connectivity index (χ4n) is 1.03. The summed E-state index contributed by atoms with van der Waals surface area (Å²) in [5, 5.41) is 16.3. The molecular weight excluding hydrogens is 306 g/mol. The maximum Gasteiger partial charge on any atom is 0.300 e. The number of thiophene rings is 1. The van der Waals surface area contributed by atoms with Crippen LogP contribution in [0, 0.1) is 10.1 Å². The van der Waals surface area contributed by atoms with Gasteiger partial charge in [0.1, 0.15) is 10.5 Å². The fourth-order valence-corrected chi connectivity index (χ4v) is 3.66. The second-order valence-corrected chi connectivity index (χ2v) is 6.48. The third-order valence-electron chi connectivity index (χ3n) is 1.75. The van der Waals surface area contributed by atoms with Crippen LogP contribution in [-0.2, 0) is 10.0 Å². The van der Waals surface area contributed by atoms with Crippen LogP contribution in [0.1, 0.15) is 0 Å². The Morgan fingerprint density at radius 2 is 2.28 bits per heavy atom. The number of aromatic amines is 1. The van der Waals surface area contributed by atoms with Crippen LogP contribution < -0.4 is 4.72 Å². The predicted molar refractivity (Wildman–Crippen MR) is 63.2 cm³/mol. The molecule has 0 saturated heterocycles. The van der Waals surface area contributed by atoms with Gasteiger partial charge in [0.25, 0.3) is 15.7 Å². The van der Waals surface area contributed by atoms with E-state index in [0.717, 1.165) is 12.4 Å². The van der Waals surface area contributed by atoms with Gasteiger partial charge >= 0.3 is 0 Å². The van der Waals surface area contributed by atoms with E-state index in [1.807, 2.05) is 0 Å². The van der Waals surface area contributed by atoms with Crippen LogP contribution in [0.2, 0.25) is 4.34 Å². The molecule has 9 nitrogen and oxygen atoms in total. The van der Waals surface area contributed by atoms with E-state index in [1.165, 1.54) is 0 Å². The summed E-state index contributed by atoms with van der Waals surface area (Å²) in [5.41, 5.74) is -0.459. The zero-order valence-electron chi connectivity index (χ0n) is 8.32. The second-order valence-electron chi connectivity index (χ2n) is 2.92. The summed E-state index contributed by atoms with van der Waals surface area (Å²) in [4.78, 5) is 13.4. The SMILES string of the molecule is O=[N+]([O-])c1cc(S(=O)(=O)Nc2ncn[nH]2)sc1Cl. The molecule has 0 aliphatic carbocycles. The van der Waals surface area contributed by atoms with Gasteiger partial charge in [-0.3, -0.25) is 10.1 Å². The molecule has 0 aromatic carbocycles. The summed E-state index contributed by atoms with van der Waals surface area (Å²) in [6.45, 7) is 0. The van der Waals surface area contributed by atoms with Gasteiger partial charge in [0, 0.05) is 6.07 Å². The number of nitro groups is 1. The number of H-pyrrole nitrogens is 1. The molecule has 12 heteroatoms. The van der Waals surface area contributed by atoms with Crippen LogP contribution in [0.15, 0.2) is 16.6 Å². The summed E-state index contributed by atoms with van der Waals surface area (Å²) in [7, 11) is -3.97. The highest BCUT2D eigenvalue weighted by atomic mass is 35.5. The zero-order chi connectivity index (χ0) is 13.3. The molecule has 0 unspecified atom stereocenters. The van der Waals surface area contributed by atoms with Gasteiger partial charge in [0.05, 0.1) is 4.92 Å². The zero-order valence-corrected chi connectivity index (χ0v) is 10.7. The monoisotopic (exact) mass is 309 g/mol. The fraction of sp³-hybridized carbons (Fsp3) is 0. The number of aromatic nitrogens is 3.